The summed E-state index contributed by atoms with van der Waals surface area (Å²) < 4.78 is 1.09. The molecule has 3 aromatic carbocycles. The molecule has 3 rings (SSSR count). The Morgan fingerprint density at radius 1 is 0.410 bits per heavy atom. The SMILES string of the molecule is C=CCCCCCCCCCCCCCCC[N+](Cc1ccccc1)(Cc1ccccc1)Cc1ccccc1. The van der Waals surface area contributed by atoms with Gasteiger partial charge in [0.2, 0.25) is 0 Å². The molecular formula is C38H54N+. The van der Waals surface area contributed by atoms with Crippen molar-refractivity contribution >= 4 is 0 Å². The molecule has 1 heteroatoms. The van der Waals surface area contributed by atoms with E-state index >= 15 is 0 Å². The van der Waals surface area contributed by atoms with Crippen molar-refractivity contribution in [2.24, 2.45) is 0 Å². The molecule has 0 aliphatic rings. The first-order chi connectivity index (χ1) is 19.3. The molecule has 0 heterocycles. The highest BCUT2D eigenvalue weighted by Crippen LogP contribution is 2.26. The van der Waals surface area contributed by atoms with E-state index in [9.17, 15) is 0 Å². The lowest BCUT2D eigenvalue weighted by molar-refractivity contribution is -0.966. The van der Waals surface area contributed by atoms with Crippen LogP contribution in [0.1, 0.15) is 107 Å². The van der Waals surface area contributed by atoms with Crippen molar-refractivity contribution in [2.75, 3.05) is 6.54 Å². The van der Waals surface area contributed by atoms with E-state index in [2.05, 4.69) is 104 Å². The molecule has 3 aromatic rings. The second-order valence-electron chi connectivity index (χ2n) is 11.7. The highest BCUT2D eigenvalue weighted by atomic mass is 15.3. The molecule has 0 bridgehead atoms. The molecule has 0 radical (unpaired) electrons. The van der Waals surface area contributed by atoms with Crippen LogP contribution in [0.25, 0.3) is 0 Å². The van der Waals surface area contributed by atoms with Gasteiger partial charge in [0.25, 0.3) is 0 Å². The molecule has 0 unspecified atom stereocenters. The number of unbranched alkanes of at least 4 members (excludes halogenated alkanes) is 13. The predicted molar refractivity (Wildman–Crippen MR) is 170 cm³/mol. The van der Waals surface area contributed by atoms with Crippen LogP contribution in [0.3, 0.4) is 0 Å². The Morgan fingerprint density at radius 3 is 1.05 bits per heavy atom. The van der Waals surface area contributed by atoms with E-state index in [0.717, 1.165) is 24.1 Å². The Labute approximate surface area is 240 Å². The average Bonchev–Trinajstić information content (AvgIpc) is 2.97. The largest absolute Gasteiger partial charge is 0.312 e. The Hall–Kier alpha value is -2.64. The van der Waals surface area contributed by atoms with Crippen LogP contribution in [-0.2, 0) is 19.6 Å². The molecule has 0 aliphatic carbocycles. The lowest BCUT2D eigenvalue weighted by Gasteiger charge is -2.39. The van der Waals surface area contributed by atoms with E-state index in [1.165, 1.54) is 113 Å². The monoisotopic (exact) mass is 524 g/mol. The Bertz CT molecular complexity index is 878. The first-order valence-corrected chi connectivity index (χ1v) is 15.9. The number of hydrogen-bond acceptors (Lipinski definition) is 0. The van der Waals surface area contributed by atoms with Gasteiger partial charge in [0.15, 0.2) is 0 Å². The molecular weight excluding hydrogens is 470 g/mol. The minimum Gasteiger partial charge on any atom is -0.312 e. The molecule has 0 atom stereocenters. The van der Waals surface area contributed by atoms with Crippen molar-refractivity contribution in [3.63, 3.8) is 0 Å². The zero-order valence-corrected chi connectivity index (χ0v) is 24.6. The van der Waals surface area contributed by atoms with E-state index in [0.29, 0.717) is 0 Å². The van der Waals surface area contributed by atoms with Crippen LogP contribution in [-0.4, -0.2) is 11.0 Å². The number of rotatable bonds is 22. The van der Waals surface area contributed by atoms with E-state index in [-0.39, 0.29) is 0 Å². The number of allylic oxidation sites excluding steroid dienone is 1. The number of quaternary nitrogens is 1. The number of nitrogens with zero attached hydrogens (tertiary/aromatic N) is 1. The third-order valence-electron chi connectivity index (χ3n) is 8.12. The van der Waals surface area contributed by atoms with Crippen molar-refractivity contribution in [3.05, 3.63) is 120 Å². The first kappa shape index (κ1) is 30.9. The molecule has 0 spiro atoms. The summed E-state index contributed by atoms with van der Waals surface area (Å²) in [5.41, 5.74) is 4.34. The maximum absolute atomic E-state index is 3.82. The van der Waals surface area contributed by atoms with Gasteiger partial charge in [0.05, 0.1) is 6.54 Å². The summed E-state index contributed by atoms with van der Waals surface area (Å²) >= 11 is 0. The number of benzene rings is 3. The highest BCUT2D eigenvalue weighted by Gasteiger charge is 2.28. The Balaban J connectivity index is 1.45. The quantitative estimate of drug-likeness (QED) is 0.0696. The van der Waals surface area contributed by atoms with Crippen LogP contribution >= 0.6 is 0 Å². The zero-order valence-electron chi connectivity index (χ0n) is 24.6. The van der Waals surface area contributed by atoms with E-state index < -0.39 is 0 Å². The van der Waals surface area contributed by atoms with Crippen molar-refractivity contribution < 1.29 is 4.48 Å². The average molecular weight is 525 g/mol. The lowest BCUT2D eigenvalue weighted by Crippen LogP contribution is -2.46. The van der Waals surface area contributed by atoms with E-state index in [4.69, 9.17) is 0 Å². The maximum atomic E-state index is 3.82. The minimum absolute atomic E-state index is 1.08. The van der Waals surface area contributed by atoms with Gasteiger partial charge in [0, 0.05) is 16.7 Å². The van der Waals surface area contributed by atoms with Crippen LogP contribution in [0.5, 0.6) is 0 Å². The second-order valence-corrected chi connectivity index (χ2v) is 11.7. The third-order valence-corrected chi connectivity index (χ3v) is 8.12. The molecule has 1 nitrogen and oxygen atoms in total. The van der Waals surface area contributed by atoms with Gasteiger partial charge in [-0.3, -0.25) is 0 Å². The standard InChI is InChI=1S/C38H54N/c1-2-3-4-5-6-7-8-9-10-11-12-13-14-15-25-32-39(33-36-26-19-16-20-27-36,34-37-28-21-17-22-29-37)35-38-30-23-18-24-31-38/h2,16-24,26-31H,1,3-15,25,32-35H2/q+1. The summed E-state index contributed by atoms with van der Waals surface area (Å²) in [7, 11) is 0. The van der Waals surface area contributed by atoms with Gasteiger partial charge < -0.3 is 4.48 Å². The zero-order chi connectivity index (χ0) is 27.3. The fraction of sp³-hybridized carbons (Fsp3) is 0.474. The van der Waals surface area contributed by atoms with Crippen molar-refractivity contribution in [2.45, 2.75) is 110 Å². The van der Waals surface area contributed by atoms with Crippen LogP contribution in [0.15, 0.2) is 104 Å². The molecule has 0 aromatic heterocycles. The molecule has 0 aliphatic heterocycles. The van der Waals surface area contributed by atoms with Crippen LogP contribution in [0, 0.1) is 0 Å². The van der Waals surface area contributed by atoms with Crippen LogP contribution < -0.4 is 0 Å². The third kappa shape index (κ3) is 13.3. The van der Waals surface area contributed by atoms with E-state index in [1.807, 2.05) is 0 Å². The van der Waals surface area contributed by atoms with Crippen molar-refractivity contribution in [1.29, 1.82) is 0 Å². The molecule has 39 heavy (non-hydrogen) atoms. The second kappa shape index (κ2) is 19.4. The summed E-state index contributed by atoms with van der Waals surface area (Å²) in [5, 5.41) is 0. The summed E-state index contributed by atoms with van der Waals surface area (Å²) in [6.45, 7) is 8.29. The highest BCUT2D eigenvalue weighted by molar-refractivity contribution is 5.17. The van der Waals surface area contributed by atoms with Gasteiger partial charge in [-0.2, -0.15) is 0 Å². The normalized spacial score (nSPS) is 11.5. The molecule has 0 amide bonds. The molecule has 0 fully saturated rings. The summed E-state index contributed by atoms with van der Waals surface area (Å²) in [6.07, 6.45) is 21.3. The molecule has 0 saturated heterocycles. The molecule has 0 N–H and O–H groups in total. The fourth-order valence-electron chi connectivity index (χ4n) is 6.00. The van der Waals surface area contributed by atoms with Gasteiger partial charge in [0.1, 0.15) is 19.6 Å². The summed E-state index contributed by atoms with van der Waals surface area (Å²) in [5.74, 6) is 0. The summed E-state index contributed by atoms with van der Waals surface area (Å²) in [4.78, 5) is 0. The van der Waals surface area contributed by atoms with Gasteiger partial charge in [-0.05, 0) is 25.7 Å². The topological polar surface area (TPSA) is 0 Å². The van der Waals surface area contributed by atoms with Crippen molar-refractivity contribution in [1.82, 2.24) is 0 Å². The smallest absolute Gasteiger partial charge is 0.105 e. The number of hydrogen-bond donors (Lipinski definition) is 0. The first-order valence-electron chi connectivity index (χ1n) is 15.9. The van der Waals surface area contributed by atoms with Gasteiger partial charge >= 0.3 is 0 Å². The predicted octanol–water partition coefficient (Wildman–Crippen LogP) is 11.1. The summed E-state index contributed by atoms with van der Waals surface area (Å²) in [6, 6.07) is 33.4. The molecule has 0 saturated carbocycles. The Kier molecular flexibility index (Phi) is 15.4. The fourth-order valence-corrected chi connectivity index (χ4v) is 6.00. The lowest BCUT2D eigenvalue weighted by atomic mass is 10.0. The van der Waals surface area contributed by atoms with Gasteiger partial charge in [-0.1, -0.05) is 161 Å². The van der Waals surface area contributed by atoms with Crippen LogP contribution in [0.4, 0.5) is 0 Å². The minimum atomic E-state index is 1.08. The van der Waals surface area contributed by atoms with Gasteiger partial charge in [-0.15, -0.1) is 6.58 Å². The molecule has 210 valence electrons. The van der Waals surface area contributed by atoms with Crippen LogP contribution in [0.2, 0.25) is 0 Å². The van der Waals surface area contributed by atoms with Gasteiger partial charge in [-0.25, -0.2) is 0 Å². The van der Waals surface area contributed by atoms with Crippen molar-refractivity contribution in [3.8, 4) is 0 Å². The Morgan fingerprint density at radius 2 is 0.718 bits per heavy atom. The maximum Gasteiger partial charge on any atom is 0.105 e. The van der Waals surface area contributed by atoms with E-state index in [1.54, 1.807) is 0 Å².